The van der Waals surface area contributed by atoms with Crippen molar-refractivity contribution < 1.29 is 14.3 Å². The van der Waals surface area contributed by atoms with Crippen molar-refractivity contribution in [3.63, 3.8) is 0 Å². The minimum absolute atomic E-state index is 0.0869. The van der Waals surface area contributed by atoms with Gasteiger partial charge < -0.3 is 14.8 Å². The van der Waals surface area contributed by atoms with E-state index in [9.17, 15) is 4.79 Å². The Bertz CT molecular complexity index is 787. The zero-order chi connectivity index (χ0) is 17.4. The maximum Gasteiger partial charge on any atom is 0.259 e. The van der Waals surface area contributed by atoms with E-state index < -0.39 is 0 Å². The number of aryl methyl sites for hydroxylation is 2. The van der Waals surface area contributed by atoms with Crippen LogP contribution in [-0.4, -0.2) is 19.1 Å². The highest BCUT2D eigenvalue weighted by molar-refractivity contribution is 6.09. The highest BCUT2D eigenvalue weighted by Crippen LogP contribution is 2.41. The molecule has 2 aliphatic heterocycles. The molecule has 0 radical (unpaired) electrons. The van der Waals surface area contributed by atoms with Gasteiger partial charge in [-0.15, -0.1) is 0 Å². The summed E-state index contributed by atoms with van der Waals surface area (Å²) in [5.41, 5.74) is 5.98. The highest BCUT2D eigenvalue weighted by Gasteiger charge is 2.30. The average molecular weight is 337 g/mol. The molecule has 0 fully saturated rings. The average Bonchev–Trinajstić information content (AvgIpc) is 3.28. The van der Waals surface area contributed by atoms with Gasteiger partial charge in [0.1, 0.15) is 11.5 Å². The predicted molar refractivity (Wildman–Crippen MR) is 98.0 cm³/mol. The van der Waals surface area contributed by atoms with Crippen LogP contribution in [0.3, 0.4) is 0 Å². The minimum atomic E-state index is -0.0869. The van der Waals surface area contributed by atoms with E-state index in [0.29, 0.717) is 18.8 Å². The quantitative estimate of drug-likeness (QED) is 0.919. The molecule has 0 saturated heterocycles. The summed E-state index contributed by atoms with van der Waals surface area (Å²) in [5, 5.41) is 3.18. The lowest BCUT2D eigenvalue weighted by Gasteiger charge is -2.17. The molecular weight excluding hydrogens is 314 g/mol. The predicted octanol–water partition coefficient (Wildman–Crippen LogP) is 3.93. The number of hydrogen-bond acceptors (Lipinski definition) is 3. The van der Waals surface area contributed by atoms with E-state index in [0.717, 1.165) is 65.1 Å². The maximum atomic E-state index is 13.2. The first-order chi connectivity index (χ1) is 12.2. The molecule has 4 heteroatoms. The second-order valence-corrected chi connectivity index (χ2v) is 6.53. The molecule has 1 N–H and O–H groups in total. The molecule has 0 bridgehead atoms. The van der Waals surface area contributed by atoms with Crippen molar-refractivity contribution in [3.05, 3.63) is 52.1 Å². The number of ether oxygens (including phenoxy) is 2. The number of hydrogen-bond donors (Lipinski definition) is 1. The first kappa shape index (κ1) is 16.0. The second-order valence-electron chi connectivity index (χ2n) is 6.53. The van der Waals surface area contributed by atoms with Gasteiger partial charge in [-0.1, -0.05) is 32.0 Å². The van der Waals surface area contributed by atoms with E-state index in [1.807, 2.05) is 6.07 Å². The molecule has 1 amide bonds. The lowest BCUT2D eigenvalue weighted by atomic mass is 9.98. The Labute approximate surface area is 148 Å². The molecule has 130 valence electrons. The van der Waals surface area contributed by atoms with Crippen LogP contribution in [0, 0.1) is 0 Å². The standard InChI is InChI=1S/C21H23NO3/c1-3-13-6-5-7-14(4-2)19(13)22-21(23)18-16-9-11-24-17(16)12-15-8-10-25-20(15)18/h5-7,12H,3-4,8-11H2,1-2H3,(H,22,23). The highest BCUT2D eigenvalue weighted by atomic mass is 16.5. The van der Waals surface area contributed by atoms with Gasteiger partial charge in [0.25, 0.3) is 5.91 Å². The summed E-state index contributed by atoms with van der Waals surface area (Å²) in [6.45, 7) is 5.48. The summed E-state index contributed by atoms with van der Waals surface area (Å²) in [5.74, 6) is 1.50. The van der Waals surface area contributed by atoms with E-state index in [-0.39, 0.29) is 5.91 Å². The zero-order valence-corrected chi connectivity index (χ0v) is 14.8. The van der Waals surface area contributed by atoms with Gasteiger partial charge >= 0.3 is 0 Å². The summed E-state index contributed by atoms with van der Waals surface area (Å²) in [7, 11) is 0. The summed E-state index contributed by atoms with van der Waals surface area (Å²) in [4.78, 5) is 13.2. The molecule has 2 aromatic rings. The Morgan fingerprint density at radius 1 is 1.08 bits per heavy atom. The normalized spacial score (nSPS) is 14.5. The third kappa shape index (κ3) is 2.66. The lowest BCUT2D eigenvalue weighted by Crippen LogP contribution is -2.17. The Hall–Kier alpha value is -2.49. The smallest absolute Gasteiger partial charge is 0.259 e. The van der Waals surface area contributed by atoms with Crippen molar-refractivity contribution in [3.8, 4) is 11.5 Å². The summed E-state index contributed by atoms with van der Waals surface area (Å²) < 4.78 is 11.5. The van der Waals surface area contributed by atoms with Crippen LogP contribution >= 0.6 is 0 Å². The van der Waals surface area contributed by atoms with Gasteiger partial charge in [0.15, 0.2) is 0 Å². The van der Waals surface area contributed by atoms with Crippen molar-refractivity contribution >= 4 is 11.6 Å². The van der Waals surface area contributed by atoms with Gasteiger partial charge in [-0.2, -0.15) is 0 Å². The van der Waals surface area contributed by atoms with Gasteiger partial charge in [-0.25, -0.2) is 0 Å². The molecule has 4 rings (SSSR count). The van der Waals surface area contributed by atoms with E-state index in [1.165, 1.54) is 0 Å². The maximum absolute atomic E-state index is 13.2. The number of nitrogens with one attached hydrogen (secondary N) is 1. The summed E-state index contributed by atoms with van der Waals surface area (Å²) in [6, 6.07) is 8.25. The van der Waals surface area contributed by atoms with Crippen molar-refractivity contribution in [2.45, 2.75) is 39.5 Å². The fourth-order valence-corrected chi connectivity index (χ4v) is 3.80. The number of carbonyl (C=O) groups excluding carboxylic acids is 1. The Morgan fingerprint density at radius 3 is 2.52 bits per heavy atom. The minimum Gasteiger partial charge on any atom is -0.493 e. The van der Waals surface area contributed by atoms with Crippen molar-refractivity contribution in [2.75, 3.05) is 18.5 Å². The van der Waals surface area contributed by atoms with Crippen molar-refractivity contribution in [1.29, 1.82) is 0 Å². The fraction of sp³-hybridized carbons (Fsp3) is 0.381. The van der Waals surface area contributed by atoms with Crippen LogP contribution in [0.15, 0.2) is 24.3 Å². The molecule has 4 nitrogen and oxygen atoms in total. The first-order valence-corrected chi connectivity index (χ1v) is 9.09. The van der Waals surface area contributed by atoms with Crippen molar-refractivity contribution in [2.24, 2.45) is 0 Å². The summed E-state index contributed by atoms with van der Waals surface area (Å²) in [6.07, 6.45) is 3.35. The topological polar surface area (TPSA) is 47.6 Å². The van der Waals surface area contributed by atoms with Crippen LogP contribution in [0.2, 0.25) is 0 Å². The number of rotatable bonds is 4. The summed E-state index contributed by atoms with van der Waals surface area (Å²) >= 11 is 0. The molecule has 25 heavy (non-hydrogen) atoms. The molecule has 2 heterocycles. The molecule has 2 aromatic carbocycles. The number of anilines is 1. The largest absolute Gasteiger partial charge is 0.493 e. The van der Waals surface area contributed by atoms with E-state index in [4.69, 9.17) is 9.47 Å². The molecule has 0 spiro atoms. The van der Waals surface area contributed by atoms with Crippen LogP contribution in [0.25, 0.3) is 0 Å². The lowest BCUT2D eigenvalue weighted by molar-refractivity contribution is 0.102. The molecular formula is C21H23NO3. The molecule has 0 aromatic heterocycles. The molecule has 0 saturated carbocycles. The van der Waals surface area contributed by atoms with E-state index >= 15 is 0 Å². The van der Waals surface area contributed by atoms with Gasteiger partial charge in [-0.3, -0.25) is 4.79 Å². The number of carbonyl (C=O) groups is 1. The van der Waals surface area contributed by atoms with Gasteiger partial charge in [0.05, 0.1) is 18.8 Å². The first-order valence-electron chi connectivity index (χ1n) is 9.09. The van der Waals surface area contributed by atoms with Crippen LogP contribution in [0.1, 0.15) is 46.5 Å². The van der Waals surface area contributed by atoms with Gasteiger partial charge in [0, 0.05) is 29.7 Å². The zero-order valence-electron chi connectivity index (χ0n) is 14.8. The molecule has 0 aliphatic carbocycles. The second kappa shape index (κ2) is 6.43. The third-order valence-corrected chi connectivity index (χ3v) is 5.12. The van der Waals surface area contributed by atoms with Crippen LogP contribution in [0.4, 0.5) is 5.69 Å². The molecule has 0 atom stereocenters. The monoisotopic (exact) mass is 337 g/mol. The van der Waals surface area contributed by atoms with E-state index in [2.05, 4.69) is 37.4 Å². The van der Waals surface area contributed by atoms with E-state index in [1.54, 1.807) is 0 Å². The Morgan fingerprint density at radius 2 is 1.80 bits per heavy atom. The van der Waals surface area contributed by atoms with Gasteiger partial charge in [-0.05, 0) is 30.0 Å². The Balaban J connectivity index is 1.77. The molecule has 0 unspecified atom stereocenters. The van der Waals surface area contributed by atoms with Crippen LogP contribution in [-0.2, 0) is 25.7 Å². The molecule has 2 aliphatic rings. The number of para-hydroxylation sites is 1. The van der Waals surface area contributed by atoms with Crippen LogP contribution in [0.5, 0.6) is 11.5 Å². The third-order valence-electron chi connectivity index (χ3n) is 5.12. The van der Waals surface area contributed by atoms with Crippen LogP contribution < -0.4 is 14.8 Å². The number of benzene rings is 2. The van der Waals surface area contributed by atoms with Crippen molar-refractivity contribution in [1.82, 2.24) is 0 Å². The number of amides is 1. The fourth-order valence-electron chi connectivity index (χ4n) is 3.80. The Kier molecular flexibility index (Phi) is 4.12. The SMILES string of the molecule is CCc1cccc(CC)c1NC(=O)c1c2c(cc3c1OCC3)OCC2. The number of fused-ring (bicyclic) bond motifs is 2. The van der Waals surface area contributed by atoms with Gasteiger partial charge in [0.2, 0.25) is 0 Å².